The highest BCUT2D eigenvalue weighted by Crippen LogP contribution is 2.22. The average Bonchev–Trinajstić information content (AvgIpc) is 2.73. The van der Waals surface area contributed by atoms with Crippen LogP contribution in [-0.2, 0) is 16.0 Å². The van der Waals surface area contributed by atoms with Crippen LogP contribution in [0.2, 0.25) is 0 Å². The van der Waals surface area contributed by atoms with Crippen molar-refractivity contribution >= 4 is 35.0 Å². The summed E-state index contributed by atoms with van der Waals surface area (Å²) in [5.41, 5.74) is 0.539. The third-order valence-electron chi connectivity index (χ3n) is 2.21. The second-order valence-electron chi connectivity index (χ2n) is 3.84. The lowest BCUT2D eigenvalue weighted by Gasteiger charge is -2.10. The van der Waals surface area contributed by atoms with Crippen LogP contribution in [0.3, 0.4) is 0 Å². The van der Waals surface area contributed by atoms with Crippen molar-refractivity contribution in [2.75, 3.05) is 5.75 Å². The molecule has 5 nitrogen and oxygen atoms in total. The Morgan fingerprint density at radius 3 is 2.94 bits per heavy atom. The van der Waals surface area contributed by atoms with E-state index in [2.05, 4.69) is 10.3 Å². The van der Waals surface area contributed by atoms with Crippen LogP contribution in [0.15, 0.2) is 9.72 Å². The van der Waals surface area contributed by atoms with E-state index in [4.69, 9.17) is 5.11 Å². The van der Waals surface area contributed by atoms with Crippen molar-refractivity contribution in [3.8, 4) is 0 Å². The summed E-state index contributed by atoms with van der Waals surface area (Å²) in [5.74, 6) is -0.611. The number of carboxylic acid groups (broad SMARTS) is 1. The van der Waals surface area contributed by atoms with Crippen LogP contribution in [0.25, 0.3) is 0 Å². The Hall–Kier alpha value is -1.08. The minimum atomic E-state index is -0.897. The van der Waals surface area contributed by atoms with E-state index >= 15 is 0 Å². The lowest BCUT2D eigenvalue weighted by Crippen LogP contribution is -2.33. The maximum atomic E-state index is 11.5. The first-order chi connectivity index (χ1) is 8.51. The maximum Gasteiger partial charge on any atom is 0.309 e. The molecule has 0 radical (unpaired) electrons. The Balaban J connectivity index is 2.37. The largest absolute Gasteiger partial charge is 0.481 e. The SMILES string of the molecule is CCC(C)NC(=O)CSc1nc(CC(=O)O)cs1. The fourth-order valence-electron chi connectivity index (χ4n) is 1.14. The van der Waals surface area contributed by atoms with Crippen LogP contribution in [0.4, 0.5) is 0 Å². The summed E-state index contributed by atoms with van der Waals surface area (Å²) in [7, 11) is 0. The van der Waals surface area contributed by atoms with Gasteiger partial charge in [0.2, 0.25) is 5.91 Å². The Kier molecular flexibility index (Phi) is 6.14. The molecule has 100 valence electrons. The number of thiazole rings is 1. The number of hydrogen-bond donors (Lipinski definition) is 2. The predicted molar refractivity (Wildman–Crippen MR) is 72.1 cm³/mol. The van der Waals surface area contributed by atoms with Gasteiger partial charge in [0.1, 0.15) is 0 Å². The third kappa shape index (κ3) is 5.50. The number of hydrogen-bond acceptors (Lipinski definition) is 5. The van der Waals surface area contributed by atoms with Gasteiger partial charge in [0, 0.05) is 11.4 Å². The van der Waals surface area contributed by atoms with Crippen LogP contribution in [0.1, 0.15) is 26.0 Å². The van der Waals surface area contributed by atoms with Gasteiger partial charge in [0.05, 0.1) is 17.9 Å². The number of amides is 1. The highest BCUT2D eigenvalue weighted by atomic mass is 32.2. The minimum absolute atomic E-state index is 0.0238. The van der Waals surface area contributed by atoms with Gasteiger partial charge in [-0.2, -0.15) is 0 Å². The first-order valence-corrected chi connectivity index (χ1v) is 7.46. The van der Waals surface area contributed by atoms with Crippen LogP contribution in [0.5, 0.6) is 0 Å². The van der Waals surface area contributed by atoms with Crippen molar-refractivity contribution in [3.63, 3.8) is 0 Å². The number of rotatable bonds is 7. The van der Waals surface area contributed by atoms with Gasteiger partial charge in [-0.3, -0.25) is 9.59 Å². The molecule has 0 saturated carbocycles. The van der Waals surface area contributed by atoms with Gasteiger partial charge in [-0.05, 0) is 13.3 Å². The first kappa shape index (κ1) is 15.0. The smallest absolute Gasteiger partial charge is 0.309 e. The summed E-state index contributed by atoms with van der Waals surface area (Å²) in [5, 5.41) is 13.2. The van der Waals surface area contributed by atoms with E-state index in [9.17, 15) is 9.59 Å². The number of nitrogens with one attached hydrogen (secondary N) is 1. The quantitative estimate of drug-likeness (QED) is 0.748. The van der Waals surface area contributed by atoms with E-state index in [1.165, 1.54) is 23.1 Å². The normalized spacial score (nSPS) is 12.1. The maximum absolute atomic E-state index is 11.5. The number of aliphatic carboxylic acids is 1. The first-order valence-electron chi connectivity index (χ1n) is 5.59. The number of carbonyl (C=O) groups is 2. The lowest BCUT2D eigenvalue weighted by atomic mass is 10.3. The molecule has 1 rings (SSSR count). The van der Waals surface area contributed by atoms with Gasteiger partial charge in [-0.15, -0.1) is 11.3 Å². The van der Waals surface area contributed by atoms with Gasteiger partial charge >= 0.3 is 5.97 Å². The van der Waals surface area contributed by atoms with Crippen LogP contribution in [0, 0.1) is 0 Å². The number of thioether (sulfide) groups is 1. The van der Waals surface area contributed by atoms with Gasteiger partial charge in [-0.25, -0.2) is 4.98 Å². The van der Waals surface area contributed by atoms with Crippen molar-refractivity contribution < 1.29 is 14.7 Å². The monoisotopic (exact) mass is 288 g/mol. The van der Waals surface area contributed by atoms with E-state index in [0.717, 1.165) is 10.8 Å². The molecular weight excluding hydrogens is 272 g/mol. The molecule has 1 unspecified atom stereocenters. The van der Waals surface area contributed by atoms with Crippen LogP contribution < -0.4 is 5.32 Å². The molecule has 0 bridgehead atoms. The van der Waals surface area contributed by atoms with Crippen LogP contribution >= 0.6 is 23.1 Å². The van der Waals surface area contributed by atoms with E-state index < -0.39 is 5.97 Å². The van der Waals surface area contributed by atoms with Crippen molar-refractivity contribution in [1.29, 1.82) is 0 Å². The summed E-state index contributed by atoms with van der Waals surface area (Å²) < 4.78 is 0.727. The molecule has 7 heteroatoms. The lowest BCUT2D eigenvalue weighted by molar-refractivity contribution is -0.136. The second-order valence-corrected chi connectivity index (χ2v) is 5.92. The highest BCUT2D eigenvalue weighted by molar-refractivity contribution is 8.01. The Morgan fingerprint density at radius 1 is 1.61 bits per heavy atom. The Labute approximate surface area is 114 Å². The zero-order valence-electron chi connectivity index (χ0n) is 10.3. The Morgan fingerprint density at radius 2 is 2.33 bits per heavy atom. The standard InChI is InChI=1S/C11H16N2O3S2/c1-3-7(2)12-9(14)6-18-11-13-8(5-17-11)4-10(15)16/h5,7H,3-4,6H2,1-2H3,(H,12,14)(H,15,16). The van der Waals surface area contributed by atoms with Crippen LogP contribution in [-0.4, -0.2) is 33.8 Å². The zero-order chi connectivity index (χ0) is 13.5. The molecule has 1 atom stereocenters. The summed E-state index contributed by atoms with van der Waals surface area (Å²) in [6.45, 7) is 3.97. The molecule has 0 aliphatic rings. The molecule has 0 fully saturated rings. The van der Waals surface area contributed by atoms with Crippen molar-refractivity contribution in [2.24, 2.45) is 0 Å². The Bertz CT molecular complexity index is 420. The number of carbonyl (C=O) groups excluding carboxylic acids is 1. The summed E-state index contributed by atoms with van der Waals surface area (Å²) in [4.78, 5) is 26.2. The summed E-state index contributed by atoms with van der Waals surface area (Å²) in [6.07, 6.45) is 0.826. The molecule has 0 aliphatic heterocycles. The number of aromatic nitrogens is 1. The molecule has 18 heavy (non-hydrogen) atoms. The topological polar surface area (TPSA) is 79.3 Å². The minimum Gasteiger partial charge on any atom is -0.481 e. The van der Waals surface area contributed by atoms with Gasteiger partial charge in [-0.1, -0.05) is 18.7 Å². The molecule has 0 aromatic carbocycles. The van der Waals surface area contributed by atoms with E-state index in [1.807, 2.05) is 13.8 Å². The molecule has 1 aromatic rings. The second kappa shape index (κ2) is 7.38. The molecule has 0 saturated heterocycles. The fraction of sp³-hybridized carbons (Fsp3) is 0.545. The van der Waals surface area contributed by atoms with Crippen molar-refractivity contribution in [3.05, 3.63) is 11.1 Å². The van der Waals surface area contributed by atoms with E-state index in [-0.39, 0.29) is 18.4 Å². The molecule has 0 spiro atoms. The summed E-state index contributed by atoms with van der Waals surface area (Å²) >= 11 is 2.70. The van der Waals surface area contributed by atoms with Crippen molar-refractivity contribution in [1.82, 2.24) is 10.3 Å². The third-order valence-corrected chi connectivity index (χ3v) is 4.28. The van der Waals surface area contributed by atoms with E-state index in [0.29, 0.717) is 11.4 Å². The highest BCUT2D eigenvalue weighted by Gasteiger charge is 2.10. The van der Waals surface area contributed by atoms with E-state index in [1.54, 1.807) is 5.38 Å². The molecular formula is C11H16N2O3S2. The number of carboxylic acids is 1. The fourth-order valence-corrected chi connectivity index (χ4v) is 2.79. The zero-order valence-corrected chi connectivity index (χ0v) is 11.9. The van der Waals surface area contributed by atoms with Crippen molar-refractivity contribution in [2.45, 2.75) is 37.1 Å². The van der Waals surface area contributed by atoms with Gasteiger partial charge in [0.15, 0.2) is 4.34 Å². The molecule has 1 heterocycles. The molecule has 1 amide bonds. The molecule has 0 aliphatic carbocycles. The van der Waals surface area contributed by atoms with Gasteiger partial charge < -0.3 is 10.4 Å². The number of nitrogens with zero attached hydrogens (tertiary/aromatic N) is 1. The molecule has 2 N–H and O–H groups in total. The predicted octanol–water partition coefficient (Wildman–Crippen LogP) is 1.78. The molecule has 1 aromatic heterocycles. The summed E-state index contributed by atoms with van der Waals surface area (Å²) in [6, 6.07) is 0.178. The average molecular weight is 288 g/mol. The van der Waals surface area contributed by atoms with Gasteiger partial charge in [0.25, 0.3) is 0 Å².